The first kappa shape index (κ1) is 23.5. The Morgan fingerprint density at radius 2 is 1.72 bits per heavy atom. The van der Waals surface area contributed by atoms with Crippen LogP contribution in [0.4, 0.5) is 5.69 Å². The maximum atomic E-state index is 13.0. The average molecular weight is 452 g/mol. The van der Waals surface area contributed by atoms with Crippen LogP contribution in [0.2, 0.25) is 5.02 Å². The summed E-state index contributed by atoms with van der Waals surface area (Å²) in [6, 6.07) is 18.9. The van der Waals surface area contributed by atoms with Crippen LogP contribution >= 0.6 is 11.6 Å². The van der Waals surface area contributed by atoms with E-state index in [4.69, 9.17) is 21.1 Å². The molecule has 0 aromatic heterocycles. The van der Waals surface area contributed by atoms with Crippen molar-refractivity contribution in [3.05, 3.63) is 94.0 Å². The maximum Gasteiger partial charge on any atom is 0.255 e. The van der Waals surface area contributed by atoms with Crippen LogP contribution in [-0.2, 0) is 11.3 Å². The Morgan fingerprint density at radius 3 is 2.41 bits per heavy atom. The van der Waals surface area contributed by atoms with Crippen LogP contribution < -0.4 is 10.1 Å². The van der Waals surface area contributed by atoms with Gasteiger partial charge in [-0.1, -0.05) is 41.9 Å². The number of ketones is 1. The van der Waals surface area contributed by atoms with Gasteiger partial charge in [0.15, 0.2) is 5.78 Å². The number of halogens is 1. The first-order valence-electron chi connectivity index (χ1n) is 10.5. The van der Waals surface area contributed by atoms with Gasteiger partial charge in [0.05, 0.1) is 25.0 Å². The van der Waals surface area contributed by atoms with Crippen molar-refractivity contribution in [2.45, 2.75) is 33.5 Å². The van der Waals surface area contributed by atoms with Gasteiger partial charge in [0, 0.05) is 27.3 Å². The van der Waals surface area contributed by atoms with Gasteiger partial charge < -0.3 is 14.8 Å². The summed E-state index contributed by atoms with van der Waals surface area (Å²) >= 11 is 6.14. The second-order valence-electron chi connectivity index (χ2n) is 7.45. The molecular formula is C26H26ClNO4. The van der Waals surface area contributed by atoms with Crippen molar-refractivity contribution in [1.82, 2.24) is 0 Å². The Labute approximate surface area is 193 Å². The summed E-state index contributed by atoms with van der Waals surface area (Å²) in [6.45, 7) is 6.63. The lowest BCUT2D eigenvalue weighted by Crippen LogP contribution is -2.16. The third-order valence-corrected chi connectivity index (χ3v) is 4.94. The topological polar surface area (TPSA) is 64.6 Å². The SMILES string of the molecule is CCOc1ccc(C(=O)Nc2ccc(Cl)cc2C(=O)c2ccccc2)cc1COC(C)C. The monoisotopic (exact) mass is 451 g/mol. The summed E-state index contributed by atoms with van der Waals surface area (Å²) in [5.41, 5.74) is 2.45. The van der Waals surface area contributed by atoms with E-state index in [-0.39, 0.29) is 17.8 Å². The van der Waals surface area contributed by atoms with E-state index in [0.717, 1.165) is 5.56 Å². The second kappa shape index (κ2) is 10.9. The molecule has 5 nitrogen and oxygen atoms in total. The number of benzene rings is 3. The molecule has 0 saturated carbocycles. The van der Waals surface area contributed by atoms with E-state index in [0.29, 0.717) is 46.4 Å². The summed E-state index contributed by atoms with van der Waals surface area (Å²) < 4.78 is 11.4. The molecule has 3 rings (SSSR count). The minimum Gasteiger partial charge on any atom is -0.494 e. The summed E-state index contributed by atoms with van der Waals surface area (Å²) in [5, 5.41) is 3.26. The normalized spacial score (nSPS) is 10.8. The zero-order valence-electron chi connectivity index (χ0n) is 18.4. The Kier molecular flexibility index (Phi) is 8.03. The van der Waals surface area contributed by atoms with Crippen LogP contribution in [0.15, 0.2) is 66.7 Å². The number of hydrogen-bond acceptors (Lipinski definition) is 4. The molecular weight excluding hydrogens is 426 g/mol. The van der Waals surface area contributed by atoms with E-state index in [9.17, 15) is 9.59 Å². The van der Waals surface area contributed by atoms with Crippen molar-refractivity contribution in [2.75, 3.05) is 11.9 Å². The number of ether oxygens (including phenoxy) is 2. The van der Waals surface area contributed by atoms with Gasteiger partial charge in [-0.25, -0.2) is 0 Å². The van der Waals surface area contributed by atoms with Crippen molar-refractivity contribution in [3.63, 3.8) is 0 Å². The Balaban J connectivity index is 1.89. The van der Waals surface area contributed by atoms with Gasteiger partial charge in [-0.3, -0.25) is 9.59 Å². The van der Waals surface area contributed by atoms with E-state index in [2.05, 4.69) is 5.32 Å². The molecule has 6 heteroatoms. The van der Waals surface area contributed by atoms with Crippen LogP contribution in [0, 0.1) is 0 Å². The molecule has 3 aromatic rings. The summed E-state index contributed by atoms with van der Waals surface area (Å²) in [5.74, 6) is 0.112. The first-order valence-corrected chi connectivity index (χ1v) is 10.8. The number of carbonyl (C=O) groups excluding carboxylic acids is 2. The fraction of sp³-hybridized carbons (Fsp3) is 0.231. The number of hydrogen-bond donors (Lipinski definition) is 1. The van der Waals surface area contributed by atoms with Crippen LogP contribution in [-0.4, -0.2) is 24.4 Å². The molecule has 0 heterocycles. The lowest BCUT2D eigenvalue weighted by Gasteiger charge is -2.15. The van der Waals surface area contributed by atoms with E-state index >= 15 is 0 Å². The minimum atomic E-state index is -0.344. The highest BCUT2D eigenvalue weighted by atomic mass is 35.5. The Bertz CT molecular complexity index is 1100. The van der Waals surface area contributed by atoms with Gasteiger partial charge >= 0.3 is 0 Å². The van der Waals surface area contributed by atoms with E-state index in [1.54, 1.807) is 60.7 Å². The lowest BCUT2D eigenvalue weighted by molar-refractivity contribution is 0.0641. The molecule has 32 heavy (non-hydrogen) atoms. The zero-order valence-corrected chi connectivity index (χ0v) is 19.1. The molecule has 1 amide bonds. The van der Waals surface area contributed by atoms with Crippen molar-refractivity contribution < 1.29 is 19.1 Å². The molecule has 166 valence electrons. The van der Waals surface area contributed by atoms with Crippen LogP contribution in [0.5, 0.6) is 5.75 Å². The quantitative estimate of drug-likeness (QED) is 0.396. The van der Waals surface area contributed by atoms with Gasteiger partial charge in [0.1, 0.15) is 5.75 Å². The maximum absolute atomic E-state index is 13.0. The number of nitrogens with one attached hydrogen (secondary N) is 1. The van der Waals surface area contributed by atoms with Crippen molar-refractivity contribution in [2.24, 2.45) is 0 Å². The molecule has 1 N–H and O–H groups in total. The molecule has 0 atom stereocenters. The fourth-order valence-corrected chi connectivity index (χ4v) is 3.31. The van der Waals surface area contributed by atoms with Crippen molar-refractivity contribution in [3.8, 4) is 5.75 Å². The molecule has 0 radical (unpaired) electrons. The molecule has 0 aliphatic heterocycles. The second-order valence-corrected chi connectivity index (χ2v) is 7.89. The van der Waals surface area contributed by atoms with Gasteiger partial charge in [0.2, 0.25) is 0 Å². The number of rotatable bonds is 9. The molecule has 0 unspecified atom stereocenters. The van der Waals surface area contributed by atoms with Gasteiger partial charge in [-0.05, 0) is 57.2 Å². The van der Waals surface area contributed by atoms with E-state index < -0.39 is 0 Å². The Hall–Kier alpha value is -3.15. The number of carbonyl (C=O) groups is 2. The summed E-state index contributed by atoms with van der Waals surface area (Å²) in [7, 11) is 0. The molecule has 0 aliphatic rings. The van der Waals surface area contributed by atoms with Crippen molar-refractivity contribution >= 4 is 29.0 Å². The molecule has 0 saturated heterocycles. The molecule has 0 aliphatic carbocycles. The van der Waals surface area contributed by atoms with Crippen molar-refractivity contribution in [1.29, 1.82) is 0 Å². The van der Waals surface area contributed by atoms with Crippen LogP contribution in [0.25, 0.3) is 0 Å². The standard InChI is InChI=1S/C26H26ClNO4/c1-4-31-24-13-10-19(14-20(24)16-32-17(2)3)26(30)28-23-12-11-21(27)15-22(23)25(29)18-8-6-5-7-9-18/h5-15,17H,4,16H2,1-3H3,(H,28,30). The molecule has 0 bridgehead atoms. The molecule has 3 aromatic carbocycles. The fourth-order valence-electron chi connectivity index (χ4n) is 3.14. The third kappa shape index (κ3) is 5.96. The lowest BCUT2D eigenvalue weighted by atomic mass is 10.0. The van der Waals surface area contributed by atoms with Crippen LogP contribution in [0.3, 0.4) is 0 Å². The van der Waals surface area contributed by atoms with Crippen LogP contribution in [0.1, 0.15) is 52.6 Å². The highest BCUT2D eigenvalue weighted by Gasteiger charge is 2.18. The highest BCUT2D eigenvalue weighted by molar-refractivity contribution is 6.31. The molecule has 0 spiro atoms. The predicted octanol–water partition coefficient (Wildman–Crippen LogP) is 6.15. The van der Waals surface area contributed by atoms with E-state index in [1.165, 1.54) is 0 Å². The average Bonchev–Trinajstić information content (AvgIpc) is 2.79. The predicted molar refractivity (Wildman–Crippen MR) is 127 cm³/mol. The molecule has 0 fully saturated rings. The van der Waals surface area contributed by atoms with Gasteiger partial charge in [-0.15, -0.1) is 0 Å². The minimum absolute atomic E-state index is 0.0441. The first-order chi connectivity index (χ1) is 15.4. The summed E-state index contributed by atoms with van der Waals surface area (Å²) in [6.07, 6.45) is 0.0441. The Morgan fingerprint density at radius 1 is 0.969 bits per heavy atom. The van der Waals surface area contributed by atoms with Gasteiger partial charge in [0.25, 0.3) is 5.91 Å². The highest BCUT2D eigenvalue weighted by Crippen LogP contribution is 2.26. The zero-order chi connectivity index (χ0) is 23.1. The largest absolute Gasteiger partial charge is 0.494 e. The van der Waals surface area contributed by atoms with E-state index in [1.807, 2.05) is 26.8 Å². The summed E-state index contributed by atoms with van der Waals surface area (Å²) in [4.78, 5) is 26.0. The van der Waals surface area contributed by atoms with Gasteiger partial charge in [-0.2, -0.15) is 0 Å². The third-order valence-electron chi connectivity index (χ3n) is 4.71. The smallest absolute Gasteiger partial charge is 0.255 e. The number of amides is 1. The number of anilines is 1.